The molecule has 0 aliphatic carbocycles. The number of piperidine rings is 1. The number of hydrogen-bond acceptors (Lipinski definition) is 6. The van der Waals surface area contributed by atoms with E-state index in [4.69, 9.17) is 0 Å². The average Bonchev–Trinajstić information content (AvgIpc) is 2.87. The minimum Gasteiger partial charge on any atom is -0.350 e. The van der Waals surface area contributed by atoms with Crippen LogP contribution in [0.4, 0.5) is 24.8 Å². The first-order valence-electron chi connectivity index (χ1n) is 12.1. The lowest BCUT2D eigenvalue weighted by molar-refractivity contribution is 0.254. The third kappa shape index (κ3) is 5.89. The molecule has 0 amide bonds. The Morgan fingerprint density at radius 1 is 1.11 bits per heavy atom. The number of anilines is 2. The molecule has 7 nitrogen and oxygen atoms in total. The smallest absolute Gasteiger partial charge is 0.223 e. The predicted octanol–water partition coefficient (Wildman–Crippen LogP) is 4.63. The molecule has 5 rings (SSSR count). The molecule has 38 heavy (non-hydrogen) atoms. The Morgan fingerprint density at radius 3 is 2.55 bits per heavy atom. The first-order chi connectivity index (χ1) is 18.2. The van der Waals surface area contributed by atoms with Crippen LogP contribution in [0.3, 0.4) is 0 Å². The SMILES string of the molecule is C=S(=O)(Cc1ccccc1)Nc1c(F)cc(-c2cc(C)c3nc(N[C@@H]4CNC[C@@H](F)C4)ncc3n2)cc1F. The van der Waals surface area contributed by atoms with Crippen molar-refractivity contribution in [1.82, 2.24) is 20.3 Å². The lowest BCUT2D eigenvalue weighted by Crippen LogP contribution is -2.44. The zero-order valence-electron chi connectivity index (χ0n) is 20.7. The van der Waals surface area contributed by atoms with E-state index in [-0.39, 0.29) is 17.4 Å². The first-order valence-corrected chi connectivity index (χ1v) is 14.0. The van der Waals surface area contributed by atoms with Crippen LogP contribution in [0.15, 0.2) is 54.7 Å². The summed E-state index contributed by atoms with van der Waals surface area (Å²) in [5.41, 5.74) is 2.52. The quantitative estimate of drug-likeness (QED) is 0.296. The Hall–Kier alpha value is -3.70. The van der Waals surface area contributed by atoms with Gasteiger partial charge in [0, 0.05) is 40.8 Å². The Morgan fingerprint density at radius 2 is 1.84 bits per heavy atom. The van der Waals surface area contributed by atoms with Crippen molar-refractivity contribution in [3.63, 3.8) is 0 Å². The number of benzene rings is 2. The molecule has 0 saturated carbocycles. The first kappa shape index (κ1) is 25.9. The zero-order chi connectivity index (χ0) is 26.9. The highest BCUT2D eigenvalue weighted by molar-refractivity contribution is 8.00. The number of aromatic nitrogens is 3. The van der Waals surface area contributed by atoms with Crippen molar-refractivity contribution in [1.29, 1.82) is 0 Å². The molecule has 1 saturated heterocycles. The highest BCUT2D eigenvalue weighted by Gasteiger charge is 2.22. The van der Waals surface area contributed by atoms with E-state index in [2.05, 4.69) is 36.2 Å². The third-order valence-electron chi connectivity index (χ3n) is 6.24. The van der Waals surface area contributed by atoms with Gasteiger partial charge in [-0.3, -0.25) is 0 Å². The minimum atomic E-state index is -3.06. The molecule has 198 valence electrons. The Kier molecular flexibility index (Phi) is 7.22. The molecule has 3 N–H and O–H groups in total. The number of alkyl halides is 1. The summed E-state index contributed by atoms with van der Waals surface area (Å²) in [6, 6.07) is 12.8. The summed E-state index contributed by atoms with van der Waals surface area (Å²) in [7, 11) is -3.06. The van der Waals surface area contributed by atoms with E-state index in [1.54, 1.807) is 30.3 Å². The second-order valence-corrected chi connectivity index (χ2v) is 11.6. The molecular weight excluding hydrogens is 513 g/mol. The monoisotopic (exact) mass is 540 g/mol. The van der Waals surface area contributed by atoms with E-state index < -0.39 is 33.2 Å². The molecule has 3 heterocycles. The topological polar surface area (TPSA) is 91.8 Å². The fraction of sp³-hybridized carbons (Fsp3) is 0.259. The summed E-state index contributed by atoms with van der Waals surface area (Å²) in [6.45, 7) is 2.76. The van der Waals surface area contributed by atoms with Gasteiger partial charge in [-0.1, -0.05) is 30.3 Å². The molecule has 4 aromatic rings. The Bertz CT molecular complexity index is 1560. The summed E-state index contributed by atoms with van der Waals surface area (Å²) in [6.07, 6.45) is 0.954. The van der Waals surface area contributed by atoms with Crippen molar-refractivity contribution < 1.29 is 17.4 Å². The van der Waals surface area contributed by atoms with Gasteiger partial charge < -0.3 is 15.4 Å². The van der Waals surface area contributed by atoms with E-state index in [0.29, 0.717) is 42.2 Å². The second-order valence-electron chi connectivity index (χ2n) is 9.44. The molecular formula is C27H27F3N6OS. The van der Waals surface area contributed by atoms with Gasteiger partial charge in [-0.25, -0.2) is 32.3 Å². The number of fused-ring (bicyclic) bond motifs is 1. The summed E-state index contributed by atoms with van der Waals surface area (Å²) in [4.78, 5) is 13.3. The number of rotatable bonds is 7. The Balaban J connectivity index is 1.38. The van der Waals surface area contributed by atoms with Crippen LogP contribution in [0.5, 0.6) is 0 Å². The fourth-order valence-electron chi connectivity index (χ4n) is 4.47. The molecule has 11 heteroatoms. The normalized spacial score (nSPS) is 19.2. The highest BCUT2D eigenvalue weighted by Crippen LogP contribution is 2.30. The largest absolute Gasteiger partial charge is 0.350 e. The number of hydrogen-bond donors (Lipinski definition) is 3. The van der Waals surface area contributed by atoms with Crippen LogP contribution in [0.1, 0.15) is 17.5 Å². The van der Waals surface area contributed by atoms with Crippen LogP contribution >= 0.6 is 0 Å². The summed E-state index contributed by atoms with van der Waals surface area (Å²) in [5, 5.41) is 6.17. The molecule has 0 bridgehead atoms. The van der Waals surface area contributed by atoms with Gasteiger partial charge in [-0.2, -0.15) is 0 Å². The Labute approximate surface area is 219 Å². The molecule has 3 atom stereocenters. The standard InChI is InChI=1S/C27H27F3N6OS/c1-16-8-23(34-24-14-32-27(35-25(16)24)33-20-11-19(28)12-31-13-20)18-9-21(29)26(22(30)10-18)36-38(2,37)15-17-6-4-3-5-7-17/h3-10,14,19-20,31H,2,11-13,15H2,1H3,(H,36,37)(H,32,33,35)/t19-,20-,38?/m0/s1. The van der Waals surface area contributed by atoms with E-state index >= 15 is 8.78 Å². The average molecular weight is 541 g/mol. The molecule has 0 radical (unpaired) electrons. The lowest BCUT2D eigenvalue weighted by atomic mass is 10.1. The van der Waals surface area contributed by atoms with Gasteiger partial charge in [0.05, 0.1) is 23.2 Å². The number of pyridine rings is 1. The third-order valence-corrected chi connectivity index (χ3v) is 7.61. The van der Waals surface area contributed by atoms with Gasteiger partial charge in [-0.05, 0) is 42.1 Å². The van der Waals surface area contributed by atoms with E-state index in [1.165, 1.54) is 6.20 Å². The van der Waals surface area contributed by atoms with Crippen molar-refractivity contribution in [2.45, 2.75) is 31.3 Å². The zero-order valence-corrected chi connectivity index (χ0v) is 21.5. The molecule has 1 unspecified atom stereocenters. The molecule has 1 fully saturated rings. The molecule has 2 aromatic carbocycles. The summed E-state index contributed by atoms with van der Waals surface area (Å²) >= 11 is 0. The number of aryl methyl sites for hydroxylation is 1. The van der Waals surface area contributed by atoms with Crippen LogP contribution in [0.2, 0.25) is 0 Å². The maximum absolute atomic E-state index is 15.0. The van der Waals surface area contributed by atoms with Crippen LogP contribution in [-0.2, 0) is 15.5 Å². The number of nitrogens with zero attached hydrogens (tertiary/aromatic N) is 3. The van der Waals surface area contributed by atoms with Crippen molar-refractivity contribution in [2.75, 3.05) is 23.1 Å². The second kappa shape index (κ2) is 10.6. The van der Waals surface area contributed by atoms with Gasteiger partial charge in [0.2, 0.25) is 5.95 Å². The maximum Gasteiger partial charge on any atom is 0.223 e. The maximum atomic E-state index is 15.0. The van der Waals surface area contributed by atoms with Crippen LogP contribution in [-0.4, -0.2) is 50.3 Å². The van der Waals surface area contributed by atoms with Crippen LogP contribution in [0, 0.1) is 18.6 Å². The van der Waals surface area contributed by atoms with Crippen molar-refractivity contribution in [3.05, 3.63) is 77.5 Å². The van der Waals surface area contributed by atoms with E-state index in [1.807, 2.05) is 13.0 Å². The van der Waals surface area contributed by atoms with Gasteiger partial charge in [0.25, 0.3) is 0 Å². The number of halogens is 3. The highest BCUT2D eigenvalue weighted by atomic mass is 32.2. The molecule has 1 aliphatic rings. The van der Waals surface area contributed by atoms with Crippen LogP contribution in [0.25, 0.3) is 22.3 Å². The molecule has 1 aliphatic heterocycles. The summed E-state index contributed by atoms with van der Waals surface area (Å²) in [5.74, 6) is 2.20. The van der Waals surface area contributed by atoms with E-state index in [9.17, 15) is 8.60 Å². The van der Waals surface area contributed by atoms with Gasteiger partial charge in [0.15, 0.2) is 11.6 Å². The fourth-order valence-corrected chi connectivity index (χ4v) is 5.84. The van der Waals surface area contributed by atoms with Crippen LogP contribution < -0.4 is 15.4 Å². The van der Waals surface area contributed by atoms with Gasteiger partial charge in [-0.15, -0.1) is 0 Å². The predicted molar refractivity (Wildman–Crippen MR) is 146 cm³/mol. The van der Waals surface area contributed by atoms with E-state index in [0.717, 1.165) is 23.3 Å². The number of nitrogens with one attached hydrogen (secondary N) is 3. The minimum absolute atomic E-state index is 0.0162. The van der Waals surface area contributed by atoms with Crippen molar-refractivity contribution >= 4 is 38.2 Å². The molecule has 2 aromatic heterocycles. The lowest BCUT2D eigenvalue weighted by Gasteiger charge is -2.26. The molecule has 0 spiro atoms. The van der Waals surface area contributed by atoms with Gasteiger partial charge in [0.1, 0.15) is 17.4 Å². The summed E-state index contributed by atoms with van der Waals surface area (Å²) < 4.78 is 59.1. The van der Waals surface area contributed by atoms with Gasteiger partial charge >= 0.3 is 0 Å². The van der Waals surface area contributed by atoms with Crippen molar-refractivity contribution in [3.8, 4) is 11.3 Å². The van der Waals surface area contributed by atoms with Crippen molar-refractivity contribution in [2.24, 2.45) is 0 Å².